The highest BCUT2D eigenvalue weighted by Gasteiger charge is 2.11. The Hall–Kier alpha value is -3.77. The number of halogens is 1. The van der Waals surface area contributed by atoms with Gasteiger partial charge in [-0.05, 0) is 42.3 Å². The highest BCUT2D eigenvalue weighted by atomic mass is 19.1. The number of hydrogen-bond donors (Lipinski definition) is 3. The second-order valence-electron chi connectivity index (χ2n) is 7.69. The fourth-order valence-corrected chi connectivity index (χ4v) is 3.50. The first-order valence-corrected chi connectivity index (χ1v) is 10.5. The van der Waals surface area contributed by atoms with Gasteiger partial charge in [0.05, 0.1) is 12.1 Å². The van der Waals surface area contributed by atoms with Crippen LogP contribution in [0.3, 0.4) is 0 Å². The smallest absolute Gasteiger partial charge is 0.228 e. The van der Waals surface area contributed by atoms with Crippen LogP contribution in [-0.4, -0.2) is 16.1 Å². The first-order valence-electron chi connectivity index (χ1n) is 10.5. The third-order valence-electron chi connectivity index (χ3n) is 5.28. The molecule has 0 aliphatic heterocycles. The van der Waals surface area contributed by atoms with E-state index in [-0.39, 0.29) is 24.2 Å². The zero-order chi connectivity index (χ0) is 22.3. The van der Waals surface area contributed by atoms with Gasteiger partial charge in [-0.1, -0.05) is 60.7 Å². The minimum Gasteiger partial charge on any atom is -0.326 e. The van der Waals surface area contributed by atoms with Crippen molar-refractivity contribution in [2.45, 2.75) is 25.9 Å². The lowest BCUT2D eigenvalue weighted by Crippen LogP contribution is -2.19. The lowest BCUT2D eigenvalue weighted by atomic mass is 10.1. The van der Waals surface area contributed by atoms with Gasteiger partial charge in [0.25, 0.3) is 0 Å². The Kier molecular flexibility index (Phi) is 6.72. The summed E-state index contributed by atoms with van der Waals surface area (Å²) in [5.41, 5.74) is 5.08. The Morgan fingerprint density at radius 3 is 2.59 bits per heavy atom. The van der Waals surface area contributed by atoms with Gasteiger partial charge in [0.1, 0.15) is 5.82 Å². The van der Waals surface area contributed by atoms with Crippen molar-refractivity contribution in [1.29, 1.82) is 0 Å². The maximum Gasteiger partial charge on any atom is 0.228 e. The van der Waals surface area contributed by atoms with Crippen LogP contribution in [0.25, 0.3) is 11.3 Å². The van der Waals surface area contributed by atoms with E-state index in [0.29, 0.717) is 17.8 Å². The summed E-state index contributed by atoms with van der Waals surface area (Å²) >= 11 is 0. The highest BCUT2D eigenvalue weighted by molar-refractivity contribution is 5.92. The zero-order valence-corrected chi connectivity index (χ0v) is 17.8. The number of aromatic nitrogens is 2. The topological polar surface area (TPSA) is 69.8 Å². The number of hydrogen-bond acceptors (Lipinski definition) is 3. The number of carbonyl (C=O) groups excluding carboxylic acids is 1. The number of aromatic amines is 1. The van der Waals surface area contributed by atoms with Crippen LogP contribution >= 0.6 is 0 Å². The number of amides is 1. The molecule has 3 N–H and O–H groups in total. The van der Waals surface area contributed by atoms with E-state index in [9.17, 15) is 9.18 Å². The Morgan fingerprint density at radius 2 is 1.78 bits per heavy atom. The van der Waals surface area contributed by atoms with Gasteiger partial charge in [0, 0.05) is 29.5 Å². The molecule has 1 atom stereocenters. The van der Waals surface area contributed by atoms with Crippen molar-refractivity contribution in [3.05, 3.63) is 108 Å². The highest BCUT2D eigenvalue weighted by Crippen LogP contribution is 2.20. The van der Waals surface area contributed by atoms with Crippen LogP contribution in [0.1, 0.15) is 29.8 Å². The summed E-state index contributed by atoms with van der Waals surface area (Å²) in [5.74, 6) is -0.623. The summed E-state index contributed by atoms with van der Waals surface area (Å²) < 4.78 is 13.8. The van der Waals surface area contributed by atoms with Gasteiger partial charge < -0.3 is 10.6 Å². The molecular formula is C26H25FN4O. The Labute approximate surface area is 186 Å². The standard InChI is InChI=1S/C26H25FN4O/c1-18(28-17-23-16-25(31-30-23)19-8-3-2-4-9-19)20-11-7-12-22(14-20)29-26(32)15-21-10-5-6-13-24(21)27/h2-14,16,18,28H,15,17H2,1H3,(H,29,32)(H,30,31). The molecule has 1 unspecified atom stereocenters. The monoisotopic (exact) mass is 428 g/mol. The molecule has 1 amide bonds. The summed E-state index contributed by atoms with van der Waals surface area (Å²) in [5, 5.41) is 13.8. The molecule has 0 radical (unpaired) electrons. The van der Waals surface area contributed by atoms with Gasteiger partial charge in [-0.3, -0.25) is 9.89 Å². The minimum absolute atomic E-state index is 0.00568. The van der Waals surface area contributed by atoms with Crippen LogP contribution < -0.4 is 10.6 Å². The third kappa shape index (κ3) is 5.47. The maximum absolute atomic E-state index is 13.8. The quantitative estimate of drug-likeness (QED) is 0.359. The van der Waals surface area contributed by atoms with Crippen molar-refractivity contribution in [3.8, 4) is 11.3 Å². The van der Waals surface area contributed by atoms with E-state index in [1.54, 1.807) is 18.2 Å². The van der Waals surface area contributed by atoms with Crippen molar-refractivity contribution < 1.29 is 9.18 Å². The zero-order valence-electron chi connectivity index (χ0n) is 17.8. The minimum atomic E-state index is -0.372. The summed E-state index contributed by atoms with van der Waals surface area (Å²) in [7, 11) is 0. The lowest BCUT2D eigenvalue weighted by Gasteiger charge is -2.15. The lowest BCUT2D eigenvalue weighted by molar-refractivity contribution is -0.115. The molecule has 4 aromatic rings. The molecule has 0 bridgehead atoms. The van der Waals surface area contributed by atoms with Gasteiger partial charge in [0.2, 0.25) is 5.91 Å². The molecule has 3 aromatic carbocycles. The molecule has 0 aliphatic rings. The van der Waals surface area contributed by atoms with Crippen molar-refractivity contribution >= 4 is 11.6 Å². The second-order valence-corrected chi connectivity index (χ2v) is 7.69. The van der Waals surface area contributed by atoms with Gasteiger partial charge in [0.15, 0.2) is 0 Å². The number of anilines is 1. The maximum atomic E-state index is 13.8. The van der Waals surface area contributed by atoms with Gasteiger partial charge >= 0.3 is 0 Å². The fourth-order valence-electron chi connectivity index (χ4n) is 3.50. The fraction of sp³-hybridized carbons (Fsp3) is 0.154. The van der Waals surface area contributed by atoms with E-state index in [1.165, 1.54) is 6.07 Å². The van der Waals surface area contributed by atoms with Crippen LogP contribution in [0.15, 0.2) is 84.9 Å². The van der Waals surface area contributed by atoms with E-state index in [4.69, 9.17) is 0 Å². The summed E-state index contributed by atoms with van der Waals surface area (Å²) in [6.07, 6.45) is -0.00568. The molecule has 0 saturated carbocycles. The molecule has 0 aliphatic carbocycles. The number of rotatable bonds is 8. The summed E-state index contributed by atoms with van der Waals surface area (Å²) in [6.45, 7) is 2.69. The number of nitrogens with one attached hydrogen (secondary N) is 3. The average Bonchev–Trinajstić information content (AvgIpc) is 3.29. The number of benzene rings is 3. The van der Waals surface area contributed by atoms with E-state index in [0.717, 1.165) is 22.5 Å². The van der Waals surface area contributed by atoms with Gasteiger partial charge in [-0.2, -0.15) is 5.10 Å². The van der Waals surface area contributed by atoms with Crippen LogP contribution in [0, 0.1) is 5.82 Å². The summed E-state index contributed by atoms with van der Waals surface area (Å²) in [4.78, 5) is 12.3. The van der Waals surface area contributed by atoms with E-state index in [2.05, 4.69) is 27.8 Å². The largest absolute Gasteiger partial charge is 0.326 e. The molecule has 0 saturated heterocycles. The SMILES string of the molecule is CC(NCc1cc(-c2ccccc2)n[nH]1)c1cccc(NC(=O)Cc2ccccc2F)c1. The predicted octanol–water partition coefficient (Wildman–Crippen LogP) is 5.25. The van der Waals surface area contributed by atoms with Crippen molar-refractivity contribution in [2.75, 3.05) is 5.32 Å². The van der Waals surface area contributed by atoms with Crippen LogP contribution in [0.2, 0.25) is 0 Å². The van der Waals surface area contributed by atoms with Gasteiger partial charge in [-0.25, -0.2) is 4.39 Å². The number of carbonyl (C=O) groups is 1. The first-order chi connectivity index (χ1) is 15.6. The van der Waals surface area contributed by atoms with Crippen molar-refractivity contribution in [3.63, 3.8) is 0 Å². The van der Waals surface area contributed by atoms with E-state index < -0.39 is 0 Å². The normalized spacial score (nSPS) is 11.8. The van der Waals surface area contributed by atoms with Crippen molar-refractivity contribution in [1.82, 2.24) is 15.5 Å². The van der Waals surface area contributed by atoms with Crippen LogP contribution in [-0.2, 0) is 17.8 Å². The number of nitrogens with zero attached hydrogens (tertiary/aromatic N) is 1. The molecule has 0 fully saturated rings. The molecule has 1 aromatic heterocycles. The molecule has 162 valence electrons. The molecule has 0 spiro atoms. The van der Waals surface area contributed by atoms with E-state index >= 15 is 0 Å². The Morgan fingerprint density at radius 1 is 1.00 bits per heavy atom. The Balaban J connectivity index is 1.34. The van der Waals surface area contributed by atoms with Gasteiger partial charge in [-0.15, -0.1) is 0 Å². The van der Waals surface area contributed by atoms with Crippen LogP contribution in [0.4, 0.5) is 10.1 Å². The van der Waals surface area contributed by atoms with Crippen LogP contribution in [0.5, 0.6) is 0 Å². The molecule has 32 heavy (non-hydrogen) atoms. The third-order valence-corrected chi connectivity index (χ3v) is 5.28. The first kappa shape index (κ1) is 21.5. The van der Waals surface area contributed by atoms with Crippen molar-refractivity contribution in [2.24, 2.45) is 0 Å². The van der Waals surface area contributed by atoms with E-state index in [1.807, 2.05) is 60.7 Å². The molecule has 1 heterocycles. The number of H-pyrrole nitrogens is 1. The molecule has 6 heteroatoms. The summed E-state index contributed by atoms with van der Waals surface area (Å²) in [6, 6.07) is 26.1. The molecule has 4 rings (SSSR count). The predicted molar refractivity (Wildman–Crippen MR) is 124 cm³/mol. The second kappa shape index (κ2) is 10.0. The molecule has 5 nitrogen and oxygen atoms in total. The Bertz CT molecular complexity index is 1190. The average molecular weight is 429 g/mol. The molecular weight excluding hydrogens is 403 g/mol.